The molecule has 0 radical (unpaired) electrons. The minimum absolute atomic E-state index is 0.126. The highest BCUT2D eigenvalue weighted by Gasteiger charge is 2.41. The van der Waals surface area contributed by atoms with Gasteiger partial charge in [-0.15, -0.1) is 0 Å². The number of aromatic nitrogens is 4. The van der Waals surface area contributed by atoms with Crippen LogP contribution in [0.4, 0.5) is 5.82 Å². The number of nitrogens with zero attached hydrogens (tertiary/aromatic N) is 5. The van der Waals surface area contributed by atoms with Gasteiger partial charge in [-0.2, -0.15) is 0 Å². The molecule has 0 aromatic carbocycles. The monoisotopic (exact) mass is 593 g/mol. The van der Waals surface area contributed by atoms with E-state index in [0.717, 1.165) is 37.8 Å². The highest BCUT2D eigenvalue weighted by Crippen LogP contribution is 2.46. The molecule has 2 aromatic rings. The van der Waals surface area contributed by atoms with Crippen LogP contribution in [0.15, 0.2) is 17.8 Å². The van der Waals surface area contributed by atoms with Crippen LogP contribution in [-0.4, -0.2) is 55.3 Å². The lowest BCUT2D eigenvalue weighted by atomic mass is 9.97. The quantitative estimate of drug-likeness (QED) is 0.114. The number of nitrogens with two attached hydrogens (primary N) is 1. The Morgan fingerprint density at radius 1 is 1.12 bits per heavy atom. The van der Waals surface area contributed by atoms with Crippen molar-refractivity contribution in [2.24, 2.45) is 17.0 Å². The molecule has 41 heavy (non-hydrogen) atoms. The number of hydrogen-bond acceptors (Lipinski definition) is 10. The van der Waals surface area contributed by atoms with E-state index in [0.29, 0.717) is 48.2 Å². The Morgan fingerprint density at radius 2 is 1.78 bits per heavy atom. The molecule has 1 fully saturated rings. The summed E-state index contributed by atoms with van der Waals surface area (Å²) in [5.74, 6) is 0.522. The van der Waals surface area contributed by atoms with Crippen LogP contribution < -0.4 is 10.8 Å². The summed E-state index contributed by atoms with van der Waals surface area (Å²) in [4.78, 5) is 25.7. The molecular formula is C28H48N7O5P. The molecule has 2 aromatic heterocycles. The molecule has 2 heterocycles. The predicted octanol–water partition coefficient (Wildman–Crippen LogP) is 5.67. The van der Waals surface area contributed by atoms with Gasteiger partial charge in [0.2, 0.25) is 0 Å². The van der Waals surface area contributed by atoms with E-state index in [-0.39, 0.29) is 12.5 Å². The van der Waals surface area contributed by atoms with Crippen LogP contribution in [0.3, 0.4) is 0 Å². The van der Waals surface area contributed by atoms with Crippen LogP contribution in [0.2, 0.25) is 0 Å². The number of carbonyl (C=O) groups excluding carboxylic acids is 1. The molecule has 0 spiro atoms. The Balaban J connectivity index is 1.76. The first kappa shape index (κ1) is 32.9. The molecule has 230 valence electrons. The van der Waals surface area contributed by atoms with Crippen LogP contribution in [-0.2, 0) is 30.0 Å². The highest BCUT2D eigenvalue weighted by molar-refractivity contribution is 7.56. The van der Waals surface area contributed by atoms with Crippen molar-refractivity contribution in [3.63, 3.8) is 0 Å². The van der Waals surface area contributed by atoms with Crippen molar-refractivity contribution in [1.82, 2.24) is 24.6 Å². The lowest BCUT2D eigenvalue weighted by molar-refractivity contribution is -0.156. The molecule has 0 saturated heterocycles. The maximum Gasteiger partial charge on any atom is 0.365 e. The average Bonchev–Trinajstić information content (AvgIpc) is 3.30. The topological polar surface area (TPSA) is 156 Å². The number of imidazole rings is 1. The first-order valence-electron chi connectivity index (χ1n) is 14.6. The second kappa shape index (κ2) is 14.6. The van der Waals surface area contributed by atoms with E-state index in [1.54, 1.807) is 24.7 Å². The number of nitrogens with one attached hydrogen (secondary N) is 1. The Kier molecular flexibility index (Phi) is 11.7. The molecular weight excluding hydrogens is 545 g/mol. The maximum atomic E-state index is 14.2. The number of oxime groups is 1. The number of nitrogen functional groups attached to an aromatic ring is 1. The van der Waals surface area contributed by atoms with Gasteiger partial charge < -0.3 is 24.4 Å². The highest BCUT2D eigenvalue weighted by atomic mass is 31.2. The number of rotatable bonds is 15. The zero-order valence-corrected chi connectivity index (χ0v) is 26.5. The first-order chi connectivity index (χ1) is 19.3. The molecule has 0 bridgehead atoms. The fraction of sp³-hybridized carbons (Fsp3) is 0.750. The van der Waals surface area contributed by atoms with Crippen LogP contribution in [0.1, 0.15) is 93.4 Å². The molecule has 2 atom stereocenters. The third kappa shape index (κ3) is 10.0. The normalized spacial score (nSPS) is 17.0. The molecule has 12 nitrogen and oxygen atoms in total. The summed E-state index contributed by atoms with van der Waals surface area (Å²) in [6.07, 6.45) is 8.47. The van der Waals surface area contributed by atoms with Gasteiger partial charge in [0.15, 0.2) is 11.5 Å². The zero-order chi connectivity index (χ0) is 30.2. The largest absolute Gasteiger partial charge is 0.461 e. The third-order valence-electron chi connectivity index (χ3n) is 6.79. The van der Waals surface area contributed by atoms with Crippen LogP contribution >= 0.6 is 7.52 Å². The summed E-state index contributed by atoms with van der Waals surface area (Å²) < 4.78 is 33.6. The number of esters is 1. The zero-order valence-electron chi connectivity index (χ0n) is 25.6. The van der Waals surface area contributed by atoms with Gasteiger partial charge in [-0.3, -0.25) is 9.36 Å². The summed E-state index contributed by atoms with van der Waals surface area (Å²) in [6.45, 7) is 13.9. The van der Waals surface area contributed by atoms with Crippen LogP contribution in [0.25, 0.3) is 11.2 Å². The van der Waals surface area contributed by atoms with E-state index in [1.165, 1.54) is 6.33 Å². The SMILES string of the molecule is CC(C)CC(CC(C)C)=NOP(=O)(COC(C)Cn1cnc2c(N)ncnc21)NC(C)(C)C(=O)OC1CCCCC1. The van der Waals surface area contributed by atoms with E-state index < -0.39 is 25.1 Å². The van der Waals surface area contributed by atoms with Crippen molar-refractivity contribution in [3.8, 4) is 0 Å². The lowest BCUT2D eigenvalue weighted by Gasteiger charge is -2.31. The fourth-order valence-corrected chi connectivity index (χ4v) is 6.63. The summed E-state index contributed by atoms with van der Waals surface area (Å²) in [6, 6.07) is 0. The Morgan fingerprint density at radius 3 is 2.41 bits per heavy atom. The van der Waals surface area contributed by atoms with E-state index >= 15 is 0 Å². The molecule has 1 aliphatic carbocycles. The van der Waals surface area contributed by atoms with Crippen LogP contribution in [0, 0.1) is 11.8 Å². The lowest BCUT2D eigenvalue weighted by Crippen LogP contribution is -2.48. The average molecular weight is 594 g/mol. The van der Waals surface area contributed by atoms with Gasteiger partial charge in [-0.25, -0.2) is 20.0 Å². The second-order valence-electron chi connectivity index (χ2n) is 12.4. The van der Waals surface area contributed by atoms with Gasteiger partial charge in [0.1, 0.15) is 29.8 Å². The summed E-state index contributed by atoms with van der Waals surface area (Å²) in [5, 5.41) is 7.30. The van der Waals surface area contributed by atoms with Gasteiger partial charge in [0.25, 0.3) is 0 Å². The summed E-state index contributed by atoms with van der Waals surface area (Å²) >= 11 is 0. The van der Waals surface area contributed by atoms with Gasteiger partial charge in [-0.1, -0.05) is 39.3 Å². The number of carbonyl (C=O) groups is 1. The van der Waals surface area contributed by atoms with Crippen molar-refractivity contribution < 1.29 is 23.5 Å². The maximum absolute atomic E-state index is 14.2. The minimum Gasteiger partial charge on any atom is -0.461 e. The van der Waals surface area contributed by atoms with Crippen LogP contribution in [0.5, 0.6) is 0 Å². The molecule has 0 amide bonds. The number of ether oxygens (including phenoxy) is 2. The van der Waals surface area contributed by atoms with Crippen molar-refractivity contribution >= 4 is 36.2 Å². The number of anilines is 1. The fourth-order valence-electron chi connectivity index (χ4n) is 4.84. The Hall–Kier alpha value is -2.56. The number of fused-ring (bicyclic) bond motifs is 1. The molecule has 1 aliphatic rings. The van der Waals surface area contributed by atoms with Crippen molar-refractivity contribution in [3.05, 3.63) is 12.7 Å². The Bertz CT molecular complexity index is 1210. The first-order valence-corrected chi connectivity index (χ1v) is 16.5. The molecule has 0 aliphatic heterocycles. The second-order valence-corrected chi connectivity index (χ2v) is 14.4. The predicted molar refractivity (Wildman–Crippen MR) is 160 cm³/mol. The van der Waals surface area contributed by atoms with E-state index in [1.807, 2.05) is 6.92 Å². The Labute approximate surface area is 243 Å². The van der Waals surface area contributed by atoms with Gasteiger partial charge >= 0.3 is 13.5 Å². The van der Waals surface area contributed by atoms with E-state index in [2.05, 4.69) is 52.9 Å². The molecule has 2 unspecified atom stereocenters. The number of hydrogen-bond donors (Lipinski definition) is 2. The smallest absolute Gasteiger partial charge is 0.365 e. The minimum atomic E-state index is -3.82. The van der Waals surface area contributed by atoms with Crippen molar-refractivity contribution in [2.45, 2.75) is 118 Å². The van der Waals surface area contributed by atoms with Crippen molar-refractivity contribution in [2.75, 3.05) is 12.1 Å². The summed E-state index contributed by atoms with van der Waals surface area (Å²) in [5.41, 5.74) is 6.51. The summed E-state index contributed by atoms with van der Waals surface area (Å²) in [7, 11) is -3.82. The molecule has 3 rings (SSSR count). The molecule has 13 heteroatoms. The standard InChI is InChI=1S/C28H48N7O5P/c1-19(2)13-22(14-20(3)4)33-40-41(37,34-28(6,7)27(36)39-23-11-9-8-10-12-23)18-38-21(5)15-35-17-32-24-25(29)30-16-31-26(24)35/h16-17,19-21,23H,8-15,18H2,1-7H3,(H,34,37)(H2,29,30,31). The van der Waals surface area contributed by atoms with Crippen molar-refractivity contribution in [1.29, 1.82) is 0 Å². The molecule has 1 saturated carbocycles. The van der Waals surface area contributed by atoms with E-state index in [9.17, 15) is 9.36 Å². The third-order valence-corrected chi connectivity index (χ3v) is 8.52. The van der Waals surface area contributed by atoms with Gasteiger partial charge in [0, 0.05) is 0 Å². The van der Waals surface area contributed by atoms with E-state index in [4.69, 9.17) is 19.8 Å². The molecule has 3 N–H and O–H groups in total. The van der Waals surface area contributed by atoms with Gasteiger partial charge in [-0.05, 0) is 71.1 Å². The van der Waals surface area contributed by atoms with Gasteiger partial charge in [0.05, 0.1) is 24.7 Å².